The molecule has 172 valence electrons. The van der Waals surface area contributed by atoms with Gasteiger partial charge in [-0.2, -0.15) is 0 Å². The first kappa shape index (κ1) is 22.8. The lowest BCUT2D eigenvalue weighted by Gasteiger charge is -2.18. The highest BCUT2D eigenvalue weighted by Gasteiger charge is 2.25. The van der Waals surface area contributed by atoms with E-state index >= 15 is 0 Å². The molecule has 1 N–H and O–H groups in total. The summed E-state index contributed by atoms with van der Waals surface area (Å²) in [6, 6.07) is 19.2. The van der Waals surface area contributed by atoms with Crippen LogP contribution < -0.4 is 10.9 Å². The lowest BCUT2D eigenvalue weighted by molar-refractivity contribution is -0.155. The van der Waals surface area contributed by atoms with Gasteiger partial charge in [0.15, 0.2) is 0 Å². The molecule has 34 heavy (non-hydrogen) atoms. The highest BCUT2D eigenvalue weighted by Crippen LogP contribution is 2.21. The molecule has 0 aliphatic carbocycles. The monoisotopic (exact) mass is 459 g/mol. The van der Waals surface area contributed by atoms with E-state index < -0.39 is 23.8 Å². The lowest BCUT2D eigenvalue weighted by Crippen LogP contribution is -2.27. The van der Waals surface area contributed by atoms with Crippen molar-refractivity contribution in [1.82, 2.24) is 9.55 Å². The first-order valence-electron chi connectivity index (χ1n) is 10.7. The largest absolute Gasteiger partial charge is 0.447 e. The molecule has 0 bridgehead atoms. The minimum Gasteiger partial charge on any atom is -0.447 e. The summed E-state index contributed by atoms with van der Waals surface area (Å²) in [6.07, 6.45) is 0.0558. The fourth-order valence-corrected chi connectivity index (χ4v) is 3.54. The Labute approximate surface area is 194 Å². The van der Waals surface area contributed by atoms with Crippen LogP contribution in [-0.4, -0.2) is 21.4 Å². The molecular weight excluding hydrogens is 437 g/mol. The van der Waals surface area contributed by atoms with Crippen LogP contribution in [0.1, 0.15) is 23.7 Å². The van der Waals surface area contributed by atoms with E-state index in [4.69, 9.17) is 4.74 Å². The molecule has 0 fully saturated rings. The number of aromatic nitrogens is 2. The molecule has 1 amide bonds. The average molecular weight is 459 g/mol. The molecule has 0 saturated carbocycles. The maximum atomic E-state index is 13.2. The van der Waals surface area contributed by atoms with E-state index in [9.17, 15) is 18.8 Å². The maximum absolute atomic E-state index is 13.2. The molecular formula is C26H22FN3O4. The van der Waals surface area contributed by atoms with Crippen molar-refractivity contribution in [2.45, 2.75) is 26.0 Å². The average Bonchev–Trinajstić information content (AvgIpc) is 2.84. The van der Waals surface area contributed by atoms with Crippen LogP contribution in [0.4, 0.5) is 10.1 Å². The molecule has 1 heterocycles. The molecule has 8 heteroatoms. The summed E-state index contributed by atoms with van der Waals surface area (Å²) in [6.45, 7) is 1.92. The van der Waals surface area contributed by atoms with Crippen LogP contribution in [0, 0.1) is 12.7 Å². The van der Waals surface area contributed by atoms with Crippen LogP contribution in [0.2, 0.25) is 0 Å². The molecule has 0 radical (unpaired) electrons. The van der Waals surface area contributed by atoms with E-state index in [0.29, 0.717) is 22.2 Å². The van der Waals surface area contributed by atoms with Gasteiger partial charge in [-0.05, 0) is 42.8 Å². The first-order valence-corrected chi connectivity index (χ1v) is 10.7. The van der Waals surface area contributed by atoms with Gasteiger partial charge in [-0.25, -0.2) is 9.37 Å². The molecule has 7 nitrogen and oxygen atoms in total. The number of fused-ring (bicyclic) bond motifs is 1. The normalized spacial score (nSPS) is 11.7. The second-order valence-electron chi connectivity index (χ2n) is 7.74. The minimum atomic E-state index is -1.21. The summed E-state index contributed by atoms with van der Waals surface area (Å²) in [5.41, 5.74) is 2.10. The Morgan fingerprint density at radius 3 is 2.50 bits per heavy atom. The van der Waals surface area contributed by atoms with Crippen molar-refractivity contribution in [3.05, 3.63) is 106 Å². The highest BCUT2D eigenvalue weighted by molar-refractivity contribution is 5.96. The van der Waals surface area contributed by atoms with E-state index in [0.717, 1.165) is 5.56 Å². The van der Waals surface area contributed by atoms with E-state index in [2.05, 4.69) is 10.3 Å². The van der Waals surface area contributed by atoms with Gasteiger partial charge in [0.2, 0.25) is 6.10 Å². The van der Waals surface area contributed by atoms with Crippen molar-refractivity contribution in [2.75, 3.05) is 5.32 Å². The Bertz CT molecular complexity index is 1390. The number of nitrogens with one attached hydrogen (secondary N) is 1. The molecule has 1 atom stereocenters. The molecule has 1 unspecified atom stereocenters. The molecule has 4 aromatic rings. The van der Waals surface area contributed by atoms with Crippen LogP contribution in [0.15, 0.2) is 83.9 Å². The summed E-state index contributed by atoms with van der Waals surface area (Å²) in [7, 11) is 0. The molecule has 3 aromatic carbocycles. The van der Waals surface area contributed by atoms with Gasteiger partial charge in [0.05, 0.1) is 23.7 Å². The molecule has 4 rings (SSSR count). The molecule has 0 saturated heterocycles. The Balaban J connectivity index is 1.48. The Morgan fingerprint density at radius 1 is 1.03 bits per heavy atom. The van der Waals surface area contributed by atoms with Crippen LogP contribution >= 0.6 is 0 Å². The van der Waals surface area contributed by atoms with Crippen molar-refractivity contribution in [2.24, 2.45) is 0 Å². The lowest BCUT2D eigenvalue weighted by atomic mass is 10.1. The van der Waals surface area contributed by atoms with E-state index in [1.807, 2.05) is 13.0 Å². The number of para-hydroxylation sites is 1. The topological polar surface area (TPSA) is 90.3 Å². The van der Waals surface area contributed by atoms with Crippen LogP contribution in [0.25, 0.3) is 10.9 Å². The van der Waals surface area contributed by atoms with Gasteiger partial charge < -0.3 is 10.1 Å². The molecule has 0 aliphatic rings. The van der Waals surface area contributed by atoms with Crippen molar-refractivity contribution in [3.63, 3.8) is 0 Å². The first-order chi connectivity index (χ1) is 16.4. The molecule has 0 aliphatic heterocycles. The number of halogens is 1. The number of rotatable bonds is 7. The van der Waals surface area contributed by atoms with Crippen molar-refractivity contribution < 1.29 is 18.7 Å². The third-order valence-corrected chi connectivity index (χ3v) is 5.31. The van der Waals surface area contributed by atoms with Gasteiger partial charge >= 0.3 is 5.97 Å². The Morgan fingerprint density at radius 2 is 1.76 bits per heavy atom. The Kier molecular flexibility index (Phi) is 6.77. The summed E-state index contributed by atoms with van der Waals surface area (Å²) in [4.78, 5) is 42.6. The second-order valence-corrected chi connectivity index (χ2v) is 7.74. The second kappa shape index (κ2) is 10.1. The van der Waals surface area contributed by atoms with E-state index in [1.165, 1.54) is 35.2 Å². The SMILES string of the molecule is Cc1cccc2c(=O)n(CCC(=O)OC(C(=O)Nc3ccc(F)cc3)c3ccccc3)cnc12. The standard InChI is InChI=1S/C26H22FN3O4/c1-17-6-5-9-21-23(17)28-16-30(26(21)33)15-14-22(31)34-24(18-7-3-2-4-8-18)25(32)29-20-12-10-19(27)11-13-20/h2-13,16,24H,14-15H2,1H3,(H,29,32). The van der Waals surface area contributed by atoms with Crippen LogP contribution in [0.5, 0.6) is 0 Å². The number of carbonyl (C=O) groups excluding carboxylic acids is 2. The minimum absolute atomic E-state index is 0.0512. The van der Waals surface area contributed by atoms with Crippen molar-refractivity contribution in [1.29, 1.82) is 0 Å². The van der Waals surface area contributed by atoms with Gasteiger partial charge in [-0.3, -0.25) is 19.0 Å². The van der Waals surface area contributed by atoms with Crippen molar-refractivity contribution >= 4 is 28.5 Å². The number of carbonyl (C=O) groups is 2. The summed E-state index contributed by atoms with van der Waals surface area (Å²) in [5.74, 6) is -1.66. The van der Waals surface area contributed by atoms with Gasteiger partial charge in [0.1, 0.15) is 5.82 Å². The predicted octanol–water partition coefficient (Wildman–Crippen LogP) is 4.16. The number of hydrogen-bond donors (Lipinski definition) is 1. The number of esters is 1. The maximum Gasteiger partial charge on any atom is 0.308 e. The van der Waals surface area contributed by atoms with Crippen LogP contribution in [0.3, 0.4) is 0 Å². The van der Waals surface area contributed by atoms with Gasteiger partial charge in [-0.15, -0.1) is 0 Å². The zero-order valence-corrected chi connectivity index (χ0v) is 18.4. The van der Waals surface area contributed by atoms with Gasteiger partial charge in [0.25, 0.3) is 11.5 Å². The van der Waals surface area contributed by atoms with Gasteiger partial charge in [0, 0.05) is 17.8 Å². The summed E-state index contributed by atoms with van der Waals surface area (Å²) in [5, 5.41) is 3.10. The number of hydrogen-bond acceptors (Lipinski definition) is 5. The molecule has 1 aromatic heterocycles. The number of aryl methyl sites for hydroxylation is 2. The summed E-state index contributed by atoms with van der Waals surface area (Å²) < 4.78 is 20.0. The highest BCUT2D eigenvalue weighted by atomic mass is 19.1. The number of nitrogens with zero attached hydrogens (tertiary/aromatic N) is 2. The van der Waals surface area contributed by atoms with Crippen LogP contribution in [-0.2, 0) is 20.9 Å². The smallest absolute Gasteiger partial charge is 0.308 e. The molecule has 0 spiro atoms. The van der Waals surface area contributed by atoms with Crippen molar-refractivity contribution in [3.8, 4) is 0 Å². The zero-order chi connectivity index (χ0) is 24.1. The number of amides is 1. The third kappa shape index (κ3) is 5.17. The quantitative estimate of drug-likeness (QED) is 0.419. The fraction of sp³-hybridized carbons (Fsp3) is 0.154. The predicted molar refractivity (Wildman–Crippen MR) is 126 cm³/mol. The van der Waals surface area contributed by atoms with Gasteiger partial charge in [-0.1, -0.05) is 42.5 Å². The number of anilines is 1. The number of ether oxygens (including phenoxy) is 1. The zero-order valence-electron chi connectivity index (χ0n) is 18.4. The third-order valence-electron chi connectivity index (χ3n) is 5.31. The summed E-state index contributed by atoms with van der Waals surface area (Å²) >= 11 is 0. The van der Waals surface area contributed by atoms with E-state index in [-0.39, 0.29) is 18.5 Å². The van der Waals surface area contributed by atoms with E-state index in [1.54, 1.807) is 42.5 Å². The fourth-order valence-electron chi connectivity index (χ4n) is 3.54. The Hall–Kier alpha value is -4.33. The number of benzene rings is 3.